The highest BCUT2D eigenvalue weighted by Crippen LogP contribution is 2.46. The smallest absolute Gasteiger partial charge is 0.341 e. The molecule has 1 N–H and O–H groups in total. The normalized spacial score (nSPS) is 13.3. The summed E-state index contributed by atoms with van der Waals surface area (Å²) in [5, 5.41) is 16.1. The van der Waals surface area contributed by atoms with Gasteiger partial charge in [-0.25, -0.2) is 4.79 Å². The number of amides is 1. The number of benzene rings is 1. The second kappa shape index (κ2) is 7.65. The van der Waals surface area contributed by atoms with Gasteiger partial charge in [0.25, 0.3) is 5.69 Å². The van der Waals surface area contributed by atoms with Gasteiger partial charge in [-0.2, -0.15) is 0 Å². The molecular weight excluding hydrogens is 356 g/mol. The zero-order chi connectivity index (χ0) is 18.7. The highest BCUT2D eigenvalue weighted by atomic mass is 32.1. The monoisotopic (exact) mass is 374 g/mol. The van der Waals surface area contributed by atoms with Crippen LogP contribution in [0.3, 0.4) is 0 Å². The van der Waals surface area contributed by atoms with Gasteiger partial charge in [-0.3, -0.25) is 14.9 Å². The van der Waals surface area contributed by atoms with E-state index in [1.54, 1.807) is 25.1 Å². The lowest BCUT2D eigenvalue weighted by molar-refractivity contribution is -0.385. The van der Waals surface area contributed by atoms with Crippen molar-refractivity contribution in [1.29, 1.82) is 0 Å². The topological polar surface area (TPSA) is 98.5 Å². The molecule has 1 fully saturated rings. The summed E-state index contributed by atoms with van der Waals surface area (Å²) in [5.41, 5.74) is 1.55. The Hall–Kier alpha value is -2.74. The molecule has 1 saturated carbocycles. The van der Waals surface area contributed by atoms with E-state index in [1.807, 2.05) is 5.38 Å². The number of carbonyl (C=O) groups excluding carboxylic acids is 2. The van der Waals surface area contributed by atoms with Crippen LogP contribution in [0.1, 0.15) is 47.2 Å². The van der Waals surface area contributed by atoms with Crippen LogP contribution >= 0.6 is 11.3 Å². The maximum Gasteiger partial charge on any atom is 0.341 e. The Morgan fingerprint density at radius 1 is 1.35 bits per heavy atom. The molecule has 26 heavy (non-hydrogen) atoms. The van der Waals surface area contributed by atoms with E-state index in [0.29, 0.717) is 22.0 Å². The fourth-order valence-electron chi connectivity index (χ4n) is 2.75. The summed E-state index contributed by atoms with van der Waals surface area (Å²) >= 11 is 1.28. The molecule has 1 aromatic carbocycles. The molecule has 1 aliphatic rings. The zero-order valence-electron chi connectivity index (χ0n) is 14.2. The van der Waals surface area contributed by atoms with Gasteiger partial charge in [0.2, 0.25) is 5.91 Å². The molecule has 1 heterocycles. The molecule has 0 atom stereocenters. The molecule has 3 rings (SSSR count). The summed E-state index contributed by atoms with van der Waals surface area (Å²) < 4.78 is 5.12. The van der Waals surface area contributed by atoms with Gasteiger partial charge in [-0.05, 0) is 36.6 Å². The van der Waals surface area contributed by atoms with Gasteiger partial charge in [0, 0.05) is 11.6 Å². The van der Waals surface area contributed by atoms with Crippen molar-refractivity contribution < 1.29 is 19.2 Å². The van der Waals surface area contributed by atoms with E-state index in [1.165, 1.54) is 17.4 Å². The number of nitrogens with zero attached hydrogens (tertiary/aromatic N) is 1. The number of nitrogens with one attached hydrogen (secondary N) is 1. The first kappa shape index (κ1) is 18.1. The number of rotatable bonds is 7. The Morgan fingerprint density at radius 2 is 2.08 bits per heavy atom. The van der Waals surface area contributed by atoms with Crippen LogP contribution < -0.4 is 5.32 Å². The molecule has 0 saturated heterocycles. The number of anilines is 1. The number of nitro groups is 1. The Kier molecular flexibility index (Phi) is 5.32. The highest BCUT2D eigenvalue weighted by Gasteiger charge is 2.32. The van der Waals surface area contributed by atoms with Crippen molar-refractivity contribution in [3.8, 4) is 0 Å². The minimum atomic E-state index is -0.511. The van der Waals surface area contributed by atoms with Crippen LogP contribution in [-0.4, -0.2) is 23.4 Å². The zero-order valence-corrected chi connectivity index (χ0v) is 15.0. The maximum atomic E-state index is 12.4. The molecule has 0 bridgehead atoms. The number of hydrogen-bond acceptors (Lipinski definition) is 6. The lowest BCUT2D eigenvalue weighted by atomic mass is 10.1. The van der Waals surface area contributed by atoms with Gasteiger partial charge in [-0.1, -0.05) is 18.2 Å². The van der Waals surface area contributed by atoms with E-state index in [2.05, 4.69) is 5.32 Å². The van der Waals surface area contributed by atoms with Gasteiger partial charge in [0.05, 0.1) is 23.5 Å². The number of para-hydroxylation sites is 1. The number of ether oxygens (including phenoxy) is 1. The first-order valence-corrected chi connectivity index (χ1v) is 9.19. The number of esters is 1. The van der Waals surface area contributed by atoms with Gasteiger partial charge < -0.3 is 10.1 Å². The summed E-state index contributed by atoms with van der Waals surface area (Å²) in [4.78, 5) is 35.3. The standard InChI is InChI=1S/C18H18N2O5S/c1-2-25-18(22)16-13(11-7-8-11)10-26-17(16)19-15(21)9-12-5-3-4-6-14(12)20(23)24/h3-6,10-11H,2,7-9H2,1H3,(H,19,21). The molecule has 1 aliphatic carbocycles. The predicted molar refractivity (Wildman–Crippen MR) is 97.7 cm³/mol. The van der Waals surface area contributed by atoms with Crippen LogP contribution in [0, 0.1) is 10.1 Å². The molecule has 1 aromatic heterocycles. The number of carbonyl (C=O) groups is 2. The van der Waals surface area contributed by atoms with Crippen molar-refractivity contribution in [3.63, 3.8) is 0 Å². The molecule has 136 valence electrons. The Morgan fingerprint density at radius 3 is 2.73 bits per heavy atom. The van der Waals surface area contributed by atoms with Crippen LogP contribution in [0.5, 0.6) is 0 Å². The molecule has 7 nitrogen and oxygen atoms in total. The van der Waals surface area contributed by atoms with Crippen molar-refractivity contribution in [2.75, 3.05) is 11.9 Å². The average Bonchev–Trinajstić information content (AvgIpc) is 3.36. The van der Waals surface area contributed by atoms with Crippen LogP contribution in [0.15, 0.2) is 29.6 Å². The fraction of sp³-hybridized carbons (Fsp3) is 0.333. The van der Waals surface area contributed by atoms with Crippen LogP contribution in [0.4, 0.5) is 10.7 Å². The Bertz CT molecular complexity index is 857. The number of thiophene rings is 1. The SMILES string of the molecule is CCOC(=O)c1c(C2CC2)csc1NC(=O)Cc1ccccc1[N+](=O)[O-]. The first-order chi connectivity index (χ1) is 12.5. The third-order valence-corrected chi connectivity index (χ3v) is 5.02. The van der Waals surface area contributed by atoms with Gasteiger partial charge in [0.1, 0.15) is 5.00 Å². The third-order valence-electron chi connectivity index (χ3n) is 4.11. The second-order valence-corrected chi connectivity index (χ2v) is 6.88. The Labute approximate surface area is 154 Å². The van der Waals surface area contributed by atoms with E-state index < -0.39 is 16.8 Å². The average molecular weight is 374 g/mol. The predicted octanol–water partition coefficient (Wildman–Crippen LogP) is 3.89. The van der Waals surface area contributed by atoms with Crippen molar-refractivity contribution in [2.45, 2.75) is 32.1 Å². The number of hydrogen-bond donors (Lipinski definition) is 1. The molecule has 0 aliphatic heterocycles. The van der Waals surface area contributed by atoms with Crippen molar-refractivity contribution in [2.24, 2.45) is 0 Å². The van der Waals surface area contributed by atoms with Crippen LogP contribution in [-0.2, 0) is 16.0 Å². The van der Waals surface area contributed by atoms with Gasteiger partial charge in [-0.15, -0.1) is 11.3 Å². The lowest BCUT2D eigenvalue weighted by Crippen LogP contribution is -2.17. The third kappa shape index (κ3) is 3.91. The molecule has 8 heteroatoms. The maximum absolute atomic E-state index is 12.4. The molecule has 0 unspecified atom stereocenters. The van der Waals surface area contributed by atoms with Crippen molar-refractivity contribution >= 4 is 33.9 Å². The number of nitro benzene ring substituents is 1. The molecule has 1 amide bonds. The molecule has 0 spiro atoms. The van der Waals surface area contributed by atoms with E-state index in [0.717, 1.165) is 18.4 Å². The van der Waals surface area contributed by atoms with E-state index in [4.69, 9.17) is 4.74 Å². The van der Waals surface area contributed by atoms with Crippen molar-refractivity contribution in [3.05, 3.63) is 56.5 Å². The molecule has 0 radical (unpaired) electrons. The lowest BCUT2D eigenvalue weighted by Gasteiger charge is -2.08. The fourth-order valence-corrected chi connectivity index (χ4v) is 3.80. The summed E-state index contributed by atoms with van der Waals surface area (Å²) in [7, 11) is 0. The second-order valence-electron chi connectivity index (χ2n) is 6.00. The largest absolute Gasteiger partial charge is 0.462 e. The first-order valence-electron chi connectivity index (χ1n) is 8.32. The van der Waals surface area contributed by atoms with E-state index in [9.17, 15) is 19.7 Å². The highest BCUT2D eigenvalue weighted by molar-refractivity contribution is 7.15. The Balaban J connectivity index is 1.80. The van der Waals surface area contributed by atoms with Crippen LogP contribution in [0.2, 0.25) is 0 Å². The molecule has 2 aromatic rings. The minimum absolute atomic E-state index is 0.0990. The quantitative estimate of drug-likeness (QED) is 0.450. The van der Waals surface area contributed by atoms with E-state index >= 15 is 0 Å². The summed E-state index contributed by atoms with van der Waals surface area (Å²) in [6.07, 6.45) is 1.90. The van der Waals surface area contributed by atoms with Gasteiger partial charge >= 0.3 is 5.97 Å². The van der Waals surface area contributed by atoms with E-state index in [-0.39, 0.29) is 18.7 Å². The van der Waals surface area contributed by atoms with Crippen LogP contribution in [0.25, 0.3) is 0 Å². The minimum Gasteiger partial charge on any atom is -0.462 e. The molecular formula is C18H18N2O5S. The van der Waals surface area contributed by atoms with Crippen molar-refractivity contribution in [1.82, 2.24) is 0 Å². The summed E-state index contributed by atoms with van der Waals surface area (Å²) in [6.45, 7) is 1.98. The summed E-state index contributed by atoms with van der Waals surface area (Å²) in [5.74, 6) is -0.516. The van der Waals surface area contributed by atoms with Gasteiger partial charge in [0.15, 0.2) is 0 Å². The summed E-state index contributed by atoms with van der Waals surface area (Å²) in [6, 6.07) is 6.12.